The van der Waals surface area contributed by atoms with E-state index in [1.54, 1.807) is 6.20 Å². The highest BCUT2D eigenvalue weighted by atomic mass is 35.5. The Bertz CT molecular complexity index is 302. The SMILES string of the molecule is ClC1CCCCC1CNCc1cccnc1. The standard InChI is InChI=1S/C13H19ClN2/c14-13-6-2-1-5-12(13)10-16-9-11-4-3-7-15-8-11/h3-4,7-8,12-13,16H,1-2,5-6,9-10H2. The molecule has 2 rings (SSSR count). The molecule has 0 spiro atoms. The van der Waals surface area contributed by atoms with Crippen molar-refractivity contribution < 1.29 is 0 Å². The number of nitrogens with one attached hydrogen (secondary N) is 1. The first-order chi connectivity index (χ1) is 7.86. The van der Waals surface area contributed by atoms with Gasteiger partial charge in [0.1, 0.15) is 0 Å². The van der Waals surface area contributed by atoms with E-state index in [9.17, 15) is 0 Å². The zero-order valence-electron chi connectivity index (χ0n) is 9.53. The van der Waals surface area contributed by atoms with Gasteiger partial charge in [0.2, 0.25) is 0 Å². The maximum absolute atomic E-state index is 6.31. The Morgan fingerprint density at radius 3 is 3.00 bits per heavy atom. The molecule has 0 saturated heterocycles. The van der Waals surface area contributed by atoms with E-state index >= 15 is 0 Å². The summed E-state index contributed by atoms with van der Waals surface area (Å²) in [5.41, 5.74) is 1.24. The molecule has 1 aromatic rings. The number of rotatable bonds is 4. The fraction of sp³-hybridized carbons (Fsp3) is 0.615. The van der Waals surface area contributed by atoms with E-state index in [1.807, 2.05) is 12.3 Å². The molecule has 3 heteroatoms. The molecule has 0 radical (unpaired) electrons. The topological polar surface area (TPSA) is 24.9 Å². The molecule has 2 nitrogen and oxygen atoms in total. The Labute approximate surface area is 102 Å². The monoisotopic (exact) mass is 238 g/mol. The summed E-state index contributed by atoms with van der Waals surface area (Å²) >= 11 is 6.31. The number of aromatic nitrogens is 1. The van der Waals surface area contributed by atoms with Crippen molar-refractivity contribution in [2.24, 2.45) is 5.92 Å². The minimum Gasteiger partial charge on any atom is -0.312 e. The number of halogens is 1. The van der Waals surface area contributed by atoms with Crippen LogP contribution in [0.2, 0.25) is 0 Å². The Balaban J connectivity index is 1.71. The van der Waals surface area contributed by atoms with Crippen molar-refractivity contribution >= 4 is 11.6 Å². The van der Waals surface area contributed by atoms with Crippen LogP contribution in [0, 0.1) is 5.92 Å². The highest BCUT2D eigenvalue weighted by Crippen LogP contribution is 2.27. The zero-order chi connectivity index (χ0) is 11.2. The highest BCUT2D eigenvalue weighted by Gasteiger charge is 2.22. The summed E-state index contributed by atoms with van der Waals surface area (Å²) in [6.07, 6.45) is 8.80. The molecule has 1 fully saturated rings. The summed E-state index contributed by atoms with van der Waals surface area (Å²) in [4.78, 5) is 4.10. The maximum Gasteiger partial charge on any atom is 0.0376 e. The van der Waals surface area contributed by atoms with Crippen molar-refractivity contribution in [1.82, 2.24) is 10.3 Å². The number of hydrogen-bond acceptors (Lipinski definition) is 2. The van der Waals surface area contributed by atoms with Crippen LogP contribution in [0.4, 0.5) is 0 Å². The molecule has 1 aromatic heterocycles. The molecule has 0 aromatic carbocycles. The molecule has 0 aliphatic heterocycles. The molecule has 1 aliphatic carbocycles. The average Bonchev–Trinajstić information content (AvgIpc) is 2.33. The third-order valence-corrected chi connectivity index (χ3v) is 3.85. The summed E-state index contributed by atoms with van der Waals surface area (Å²) < 4.78 is 0. The summed E-state index contributed by atoms with van der Waals surface area (Å²) in [5.74, 6) is 0.645. The van der Waals surface area contributed by atoms with E-state index < -0.39 is 0 Å². The van der Waals surface area contributed by atoms with Crippen LogP contribution in [0.25, 0.3) is 0 Å². The lowest BCUT2D eigenvalue weighted by Crippen LogP contribution is -2.30. The van der Waals surface area contributed by atoms with E-state index in [0.717, 1.165) is 13.1 Å². The van der Waals surface area contributed by atoms with Gasteiger partial charge in [-0.3, -0.25) is 4.98 Å². The van der Waals surface area contributed by atoms with E-state index in [1.165, 1.54) is 31.2 Å². The van der Waals surface area contributed by atoms with E-state index in [2.05, 4.69) is 16.4 Å². The molecule has 2 unspecified atom stereocenters. The highest BCUT2D eigenvalue weighted by molar-refractivity contribution is 6.20. The molecule has 0 bridgehead atoms. The van der Waals surface area contributed by atoms with Crippen molar-refractivity contribution in [2.75, 3.05) is 6.54 Å². The van der Waals surface area contributed by atoms with Gasteiger partial charge < -0.3 is 5.32 Å². The van der Waals surface area contributed by atoms with Gasteiger partial charge in [-0.15, -0.1) is 11.6 Å². The van der Waals surface area contributed by atoms with Crippen LogP contribution in [0.5, 0.6) is 0 Å². The zero-order valence-corrected chi connectivity index (χ0v) is 10.3. The minimum atomic E-state index is 0.371. The van der Waals surface area contributed by atoms with Crippen LogP contribution < -0.4 is 5.32 Å². The fourth-order valence-corrected chi connectivity index (χ4v) is 2.67. The summed E-state index contributed by atoms with van der Waals surface area (Å²) in [7, 11) is 0. The van der Waals surface area contributed by atoms with Crippen LogP contribution in [0.3, 0.4) is 0 Å². The predicted octanol–water partition coefficient (Wildman–Crippen LogP) is 2.97. The lowest BCUT2D eigenvalue weighted by atomic mass is 9.89. The van der Waals surface area contributed by atoms with E-state index in [-0.39, 0.29) is 0 Å². The Kier molecular flexibility index (Phi) is 4.61. The Hall–Kier alpha value is -0.600. The van der Waals surface area contributed by atoms with Gasteiger partial charge >= 0.3 is 0 Å². The molecule has 1 N–H and O–H groups in total. The third-order valence-electron chi connectivity index (χ3n) is 3.27. The van der Waals surface area contributed by atoms with Crippen molar-refractivity contribution in [1.29, 1.82) is 0 Å². The van der Waals surface area contributed by atoms with Gasteiger partial charge in [0.25, 0.3) is 0 Å². The average molecular weight is 239 g/mol. The van der Waals surface area contributed by atoms with Crippen molar-refractivity contribution in [2.45, 2.75) is 37.6 Å². The molecular weight excluding hydrogens is 220 g/mol. The Morgan fingerprint density at radius 2 is 2.25 bits per heavy atom. The number of hydrogen-bond donors (Lipinski definition) is 1. The summed E-state index contributed by atoms with van der Waals surface area (Å²) in [6.45, 7) is 1.93. The summed E-state index contributed by atoms with van der Waals surface area (Å²) in [5, 5.41) is 3.85. The van der Waals surface area contributed by atoms with Gasteiger partial charge in [-0.2, -0.15) is 0 Å². The molecule has 1 saturated carbocycles. The van der Waals surface area contributed by atoms with Crippen LogP contribution >= 0.6 is 11.6 Å². The quantitative estimate of drug-likeness (QED) is 0.816. The van der Waals surface area contributed by atoms with Crippen LogP contribution in [-0.2, 0) is 6.54 Å². The van der Waals surface area contributed by atoms with Gasteiger partial charge in [-0.1, -0.05) is 18.9 Å². The van der Waals surface area contributed by atoms with Gasteiger partial charge in [0.15, 0.2) is 0 Å². The lowest BCUT2D eigenvalue weighted by Gasteiger charge is -2.27. The van der Waals surface area contributed by atoms with Crippen molar-refractivity contribution in [3.63, 3.8) is 0 Å². The van der Waals surface area contributed by atoms with Gasteiger partial charge in [0.05, 0.1) is 0 Å². The summed E-state index contributed by atoms with van der Waals surface area (Å²) in [6, 6.07) is 4.07. The number of pyridine rings is 1. The normalized spacial score (nSPS) is 25.6. The van der Waals surface area contributed by atoms with Crippen molar-refractivity contribution in [3.8, 4) is 0 Å². The fourth-order valence-electron chi connectivity index (χ4n) is 2.30. The molecular formula is C13H19ClN2. The van der Waals surface area contributed by atoms with Crippen LogP contribution in [0.1, 0.15) is 31.2 Å². The van der Waals surface area contributed by atoms with Crippen LogP contribution in [-0.4, -0.2) is 16.9 Å². The number of alkyl halides is 1. The van der Waals surface area contributed by atoms with Gasteiger partial charge in [0, 0.05) is 24.3 Å². The third kappa shape index (κ3) is 3.46. The second kappa shape index (κ2) is 6.21. The predicted molar refractivity (Wildman–Crippen MR) is 67.5 cm³/mol. The maximum atomic E-state index is 6.31. The molecule has 1 heterocycles. The first-order valence-corrected chi connectivity index (χ1v) is 6.53. The van der Waals surface area contributed by atoms with E-state index in [4.69, 9.17) is 11.6 Å². The molecule has 88 valence electrons. The van der Waals surface area contributed by atoms with Gasteiger partial charge in [-0.25, -0.2) is 0 Å². The smallest absolute Gasteiger partial charge is 0.0376 e. The van der Waals surface area contributed by atoms with Crippen LogP contribution in [0.15, 0.2) is 24.5 Å². The first kappa shape index (κ1) is 11.9. The second-order valence-corrected chi connectivity index (χ2v) is 5.11. The Morgan fingerprint density at radius 1 is 1.38 bits per heavy atom. The minimum absolute atomic E-state index is 0.371. The molecule has 0 amide bonds. The molecule has 16 heavy (non-hydrogen) atoms. The number of nitrogens with zero attached hydrogens (tertiary/aromatic N) is 1. The first-order valence-electron chi connectivity index (χ1n) is 6.10. The van der Waals surface area contributed by atoms with Gasteiger partial charge in [-0.05, 0) is 36.9 Å². The molecule has 2 atom stereocenters. The lowest BCUT2D eigenvalue weighted by molar-refractivity contribution is 0.348. The second-order valence-electron chi connectivity index (χ2n) is 4.55. The van der Waals surface area contributed by atoms with E-state index in [0.29, 0.717) is 11.3 Å². The molecule has 1 aliphatic rings. The van der Waals surface area contributed by atoms with Crippen molar-refractivity contribution in [3.05, 3.63) is 30.1 Å². The largest absolute Gasteiger partial charge is 0.312 e.